The third-order valence-electron chi connectivity index (χ3n) is 8.23. The maximum absolute atomic E-state index is 12.0. The lowest BCUT2D eigenvalue weighted by atomic mass is 10.2. The summed E-state index contributed by atoms with van der Waals surface area (Å²) in [6.45, 7) is 14.0. The lowest BCUT2D eigenvalue weighted by molar-refractivity contribution is 0.0497. The summed E-state index contributed by atoms with van der Waals surface area (Å²) in [4.78, 5) is 37.6. The number of rotatable bonds is 5. The maximum atomic E-state index is 12.0. The number of fused-ring (bicyclic) bond motifs is 2. The van der Waals surface area contributed by atoms with Crippen LogP contribution in [0.25, 0.3) is 22.4 Å². The zero-order valence-electron chi connectivity index (χ0n) is 30.1. The van der Waals surface area contributed by atoms with Gasteiger partial charge in [-0.25, -0.2) is 19.6 Å². The van der Waals surface area contributed by atoms with Crippen molar-refractivity contribution in [1.82, 2.24) is 39.8 Å². The molecule has 0 bridgehead atoms. The second-order valence-electron chi connectivity index (χ2n) is 14.8. The molecule has 16 nitrogen and oxygen atoms in total. The predicted molar refractivity (Wildman–Crippen MR) is 206 cm³/mol. The minimum Gasteiger partial charge on any atom is -0.444 e. The average molecular weight is 798 g/mol. The van der Waals surface area contributed by atoms with Crippen LogP contribution in [0.5, 0.6) is 0 Å². The largest absolute Gasteiger partial charge is 0.444 e. The molecule has 18 heteroatoms. The molecule has 7 heterocycles. The second kappa shape index (κ2) is 14.7. The molecular weight excluding hydrogens is 752 g/mol. The number of carbonyl (C=O) groups excluding carboxylic acids is 2. The van der Waals surface area contributed by atoms with E-state index in [4.69, 9.17) is 25.9 Å². The molecule has 52 heavy (non-hydrogen) atoms. The number of nitrogens with two attached hydrogens (primary N) is 2. The van der Waals surface area contributed by atoms with Crippen molar-refractivity contribution in [3.8, 4) is 11.1 Å². The molecule has 2 saturated heterocycles. The first-order valence-corrected chi connectivity index (χ1v) is 18.7. The lowest BCUT2D eigenvalue weighted by Gasteiger charge is -2.22. The highest BCUT2D eigenvalue weighted by molar-refractivity contribution is 9.10. The number of thiophene rings is 1. The smallest absolute Gasteiger partial charge is 0.407 e. The topological polar surface area (TPSA) is 196 Å². The van der Waals surface area contributed by atoms with E-state index in [0.29, 0.717) is 30.4 Å². The molecule has 2 aliphatic rings. The normalized spacial score (nSPS) is 17.7. The van der Waals surface area contributed by atoms with E-state index in [9.17, 15) is 9.59 Å². The first-order valence-electron chi connectivity index (χ1n) is 17.0. The van der Waals surface area contributed by atoms with Crippen LogP contribution in [-0.2, 0) is 9.47 Å². The van der Waals surface area contributed by atoms with Crippen LogP contribution in [0.4, 0.5) is 32.9 Å². The fourth-order valence-corrected chi connectivity index (χ4v) is 6.99. The molecule has 6 N–H and O–H groups in total. The Hall–Kier alpha value is -4.84. The van der Waals surface area contributed by atoms with Crippen LogP contribution >= 0.6 is 27.3 Å². The van der Waals surface area contributed by atoms with Gasteiger partial charge >= 0.3 is 12.2 Å². The minimum atomic E-state index is -0.510. The number of carbonyl (C=O) groups is 2. The van der Waals surface area contributed by atoms with Gasteiger partial charge in [-0.05, 0) is 92.7 Å². The third-order valence-corrected chi connectivity index (χ3v) is 9.47. The Bertz CT molecular complexity index is 2050. The zero-order chi connectivity index (χ0) is 37.4. The number of nitrogens with one attached hydrogen (secondary N) is 2. The number of hydrogen-bond acceptors (Lipinski definition) is 13. The Morgan fingerprint density at radius 2 is 1.33 bits per heavy atom. The van der Waals surface area contributed by atoms with Crippen molar-refractivity contribution in [2.24, 2.45) is 0 Å². The van der Waals surface area contributed by atoms with Crippen molar-refractivity contribution < 1.29 is 19.1 Å². The Morgan fingerprint density at radius 1 is 0.827 bits per heavy atom. The van der Waals surface area contributed by atoms with E-state index in [2.05, 4.69) is 56.9 Å². The van der Waals surface area contributed by atoms with Gasteiger partial charge in [0, 0.05) is 43.9 Å². The molecular formula is C34H45BrN12O4S. The molecule has 2 aliphatic heterocycles. The van der Waals surface area contributed by atoms with Crippen LogP contribution < -0.4 is 31.9 Å². The third kappa shape index (κ3) is 8.78. The van der Waals surface area contributed by atoms with E-state index in [1.165, 1.54) is 0 Å². The molecule has 2 amide bonds. The van der Waals surface area contributed by atoms with Gasteiger partial charge in [0.15, 0.2) is 11.3 Å². The van der Waals surface area contributed by atoms with Crippen LogP contribution in [0.3, 0.4) is 0 Å². The van der Waals surface area contributed by atoms with Gasteiger partial charge in [-0.1, -0.05) is 0 Å². The summed E-state index contributed by atoms with van der Waals surface area (Å²) in [5.41, 5.74) is 14.7. The van der Waals surface area contributed by atoms with Crippen molar-refractivity contribution in [2.75, 3.05) is 47.4 Å². The van der Waals surface area contributed by atoms with Crippen molar-refractivity contribution in [3.05, 3.63) is 45.8 Å². The van der Waals surface area contributed by atoms with E-state index in [1.54, 1.807) is 38.8 Å². The molecule has 2 fully saturated rings. The summed E-state index contributed by atoms with van der Waals surface area (Å²) < 4.78 is 14.7. The summed E-state index contributed by atoms with van der Waals surface area (Å²) in [6.07, 6.45) is 4.32. The number of alkyl carbamates (subject to hydrolysis) is 2. The quantitative estimate of drug-likeness (QED) is 0.179. The van der Waals surface area contributed by atoms with Crippen molar-refractivity contribution >= 4 is 74.0 Å². The Labute approximate surface area is 314 Å². The summed E-state index contributed by atoms with van der Waals surface area (Å²) in [6, 6.07) is 5.70. The molecule has 7 rings (SSSR count). The summed E-state index contributed by atoms with van der Waals surface area (Å²) >= 11 is 5.05. The number of halogens is 1. The van der Waals surface area contributed by atoms with Crippen LogP contribution in [-0.4, -0.2) is 90.8 Å². The molecule has 2 atom stereocenters. The van der Waals surface area contributed by atoms with Crippen LogP contribution in [0.1, 0.15) is 54.4 Å². The van der Waals surface area contributed by atoms with Gasteiger partial charge in [-0.15, -0.1) is 0 Å². The number of anilines is 4. The first kappa shape index (κ1) is 36.9. The molecule has 0 radical (unpaired) electrons. The van der Waals surface area contributed by atoms with Gasteiger partial charge in [0.2, 0.25) is 0 Å². The van der Waals surface area contributed by atoms with Gasteiger partial charge < -0.3 is 41.4 Å². The summed E-state index contributed by atoms with van der Waals surface area (Å²) in [5.74, 6) is 2.61. The highest BCUT2D eigenvalue weighted by Crippen LogP contribution is 2.30. The monoisotopic (exact) mass is 796 g/mol. The summed E-state index contributed by atoms with van der Waals surface area (Å²) in [7, 11) is 0. The first-order chi connectivity index (χ1) is 24.5. The molecule has 0 aromatic carbocycles. The number of ether oxygens (including phenoxy) is 2. The molecule has 278 valence electrons. The SMILES string of the molecule is CC(C)(C)OC(=O)N[C@H]1CCN(c2cc(N)n3ncc(-c4ccsc4)c3n2)C1.CC(C)(C)OC(=O)N[C@H]1CCN(c2cc(N)n3ncc(Br)c3n2)C1. The van der Waals surface area contributed by atoms with E-state index in [0.717, 1.165) is 58.8 Å². The van der Waals surface area contributed by atoms with Gasteiger partial charge in [0.25, 0.3) is 0 Å². The van der Waals surface area contributed by atoms with Gasteiger partial charge in [0.05, 0.1) is 29.0 Å². The molecule has 0 aliphatic carbocycles. The average Bonchev–Trinajstić information content (AvgIpc) is 3.86. The number of hydrogen-bond donors (Lipinski definition) is 4. The highest BCUT2D eigenvalue weighted by atomic mass is 79.9. The fourth-order valence-electron chi connectivity index (χ4n) is 5.98. The van der Waals surface area contributed by atoms with Crippen molar-refractivity contribution in [2.45, 2.75) is 77.7 Å². The zero-order valence-corrected chi connectivity index (χ0v) is 32.5. The number of amides is 2. The standard InChI is InChI=1S/C19H24N6O2S.C15H21BrN6O2/c1-19(2,3)27-18(26)22-13-4-6-24(10-13)16-8-15(20)25-17(23-16)14(9-21-25)12-5-7-28-11-12;1-15(2,3)24-14(23)19-9-4-5-21(8-9)12-6-11(17)22-13(20-12)10(16)7-18-22/h5,7-9,11,13H,4,6,10,20H2,1-3H3,(H,22,26);6-7,9H,4-5,8,17H2,1-3H3,(H,19,23)/t13-;9-/m00/s1. The van der Waals surface area contributed by atoms with Crippen LogP contribution in [0.15, 0.2) is 45.8 Å². The Kier molecular flexibility index (Phi) is 10.4. The van der Waals surface area contributed by atoms with Crippen molar-refractivity contribution in [1.29, 1.82) is 0 Å². The number of aromatic nitrogens is 6. The molecule has 0 saturated carbocycles. The van der Waals surface area contributed by atoms with Crippen LogP contribution in [0, 0.1) is 0 Å². The molecule has 0 spiro atoms. The van der Waals surface area contributed by atoms with E-state index >= 15 is 0 Å². The maximum Gasteiger partial charge on any atom is 0.407 e. The number of nitrogen functional groups attached to an aromatic ring is 2. The van der Waals surface area contributed by atoms with E-state index in [-0.39, 0.29) is 12.1 Å². The predicted octanol–water partition coefficient (Wildman–Crippen LogP) is 5.32. The molecule has 0 unspecified atom stereocenters. The van der Waals surface area contributed by atoms with E-state index < -0.39 is 23.4 Å². The van der Waals surface area contributed by atoms with Gasteiger partial charge in [-0.3, -0.25) is 0 Å². The summed E-state index contributed by atoms with van der Waals surface area (Å²) in [5, 5.41) is 18.5. The minimum absolute atomic E-state index is 0.00959. The van der Waals surface area contributed by atoms with Gasteiger partial charge in [0.1, 0.15) is 34.5 Å². The lowest BCUT2D eigenvalue weighted by Crippen LogP contribution is -2.40. The van der Waals surface area contributed by atoms with Crippen molar-refractivity contribution in [3.63, 3.8) is 0 Å². The fraction of sp³-hybridized carbons (Fsp3) is 0.471. The van der Waals surface area contributed by atoms with Gasteiger partial charge in [-0.2, -0.15) is 30.6 Å². The number of nitrogens with zero attached hydrogens (tertiary/aromatic N) is 8. The Morgan fingerprint density at radius 3 is 1.83 bits per heavy atom. The van der Waals surface area contributed by atoms with E-state index in [1.807, 2.05) is 59.1 Å². The van der Waals surface area contributed by atoms with Crippen LogP contribution in [0.2, 0.25) is 0 Å². The molecule has 5 aromatic rings. The molecule has 5 aromatic heterocycles. The second-order valence-corrected chi connectivity index (χ2v) is 16.4. The highest BCUT2D eigenvalue weighted by Gasteiger charge is 2.29. The Balaban J connectivity index is 0.000000181.